The highest BCUT2D eigenvalue weighted by Gasteiger charge is 2.36. The van der Waals surface area contributed by atoms with Crippen LogP contribution in [0, 0.1) is 5.82 Å². The van der Waals surface area contributed by atoms with Crippen molar-refractivity contribution in [3.05, 3.63) is 40.3 Å². The second-order valence-electron chi connectivity index (χ2n) is 5.65. The van der Waals surface area contributed by atoms with Crippen LogP contribution in [0.5, 0.6) is 0 Å². The molecule has 0 saturated heterocycles. The quantitative estimate of drug-likeness (QED) is 0.393. The van der Waals surface area contributed by atoms with Gasteiger partial charge in [-0.2, -0.15) is 13.2 Å². The first-order valence-corrected chi connectivity index (χ1v) is 8.46. The fraction of sp³-hybridized carbons (Fsp3) is 0.353. The number of anilines is 1. The Labute approximate surface area is 168 Å². The fourth-order valence-corrected chi connectivity index (χ4v) is 2.07. The third-order valence-electron chi connectivity index (χ3n) is 2.97. The molecule has 0 bridgehead atoms. The van der Waals surface area contributed by atoms with Gasteiger partial charge in [0, 0.05) is 0 Å². The van der Waals surface area contributed by atoms with Gasteiger partial charge in [0.15, 0.2) is 0 Å². The summed E-state index contributed by atoms with van der Waals surface area (Å²) < 4.78 is 62.2. The Bertz CT molecular complexity index is 825. The van der Waals surface area contributed by atoms with Gasteiger partial charge in [0.1, 0.15) is 11.5 Å². The van der Waals surface area contributed by atoms with Crippen LogP contribution in [0.3, 0.4) is 0 Å². The molecule has 29 heavy (non-hydrogen) atoms. The van der Waals surface area contributed by atoms with Crippen molar-refractivity contribution in [2.45, 2.75) is 33.1 Å². The van der Waals surface area contributed by atoms with Crippen molar-refractivity contribution < 1.29 is 41.4 Å². The second kappa shape index (κ2) is 10.1. The highest BCUT2D eigenvalue weighted by Crippen LogP contribution is 2.26. The summed E-state index contributed by atoms with van der Waals surface area (Å²) in [4.78, 5) is 35.1. The Morgan fingerprint density at radius 3 is 2.38 bits per heavy atom. The summed E-state index contributed by atoms with van der Waals surface area (Å²) in [5.74, 6) is -3.38. The summed E-state index contributed by atoms with van der Waals surface area (Å²) in [7, 11) is 0. The number of rotatable bonds is 6. The smallest absolute Gasteiger partial charge is 0.431 e. The molecule has 1 rings (SSSR count). The normalized spacial score (nSPS) is 11.8. The lowest BCUT2D eigenvalue weighted by molar-refractivity contribution is -0.138. The average Bonchev–Trinajstić information content (AvgIpc) is 2.55. The summed E-state index contributed by atoms with van der Waals surface area (Å²) in [6.45, 7) is 4.30. The van der Waals surface area contributed by atoms with Gasteiger partial charge in [0.05, 0.1) is 35.1 Å². The van der Waals surface area contributed by atoms with Crippen LogP contribution in [0.15, 0.2) is 23.9 Å². The number of alkyl halides is 3. The van der Waals surface area contributed by atoms with E-state index in [9.17, 15) is 31.9 Å². The Kier molecular flexibility index (Phi) is 8.43. The molecule has 160 valence electrons. The van der Waals surface area contributed by atoms with Crippen LogP contribution in [0.4, 0.5) is 28.0 Å². The van der Waals surface area contributed by atoms with Gasteiger partial charge in [-0.25, -0.2) is 18.8 Å². The number of ether oxygens (including phenoxy) is 2. The Balaban J connectivity index is 3.08. The number of halogens is 5. The number of urea groups is 1. The molecule has 1 aromatic rings. The molecule has 0 unspecified atom stereocenters. The molecule has 2 N–H and O–H groups in total. The molecular weight excluding hydrogens is 424 g/mol. The summed E-state index contributed by atoms with van der Waals surface area (Å²) in [5.41, 5.74) is -2.68. The highest BCUT2D eigenvalue weighted by atomic mass is 35.5. The van der Waals surface area contributed by atoms with Crippen LogP contribution in [0.2, 0.25) is 5.02 Å². The Morgan fingerprint density at radius 2 is 1.86 bits per heavy atom. The maximum absolute atomic E-state index is 14.0. The van der Waals surface area contributed by atoms with Crippen LogP contribution >= 0.6 is 11.6 Å². The number of allylic oxidation sites excluding steroid dienone is 1. The minimum absolute atomic E-state index is 0.0345. The zero-order valence-corrected chi connectivity index (χ0v) is 16.2. The summed E-state index contributed by atoms with van der Waals surface area (Å²) in [6, 6.07) is -0.0282. The molecule has 0 aliphatic carbocycles. The van der Waals surface area contributed by atoms with E-state index in [0.717, 1.165) is 6.07 Å². The van der Waals surface area contributed by atoms with Crippen molar-refractivity contribution >= 4 is 35.3 Å². The number of hydrogen-bond donors (Lipinski definition) is 2. The molecule has 0 atom stereocenters. The van der Waals surface area contributed by atoms with Gasteiger partial charge in [-0.05, 0) is 32.9 Å². The third-order valence-corrected chi connectivity index (χ3v) is 3.28. The lowest BCUT2D eigenvalue weighted by Crippen LogP contribution is -2.35. The van der Waals surface area contributed by atoms with Gasteiger partial charge in [0.2, 0.25) is 0 Å². The first-order valence-electron chi connectivity index (χ1n) is 8.08. The van der Waals surface area contributed by atoms with Crippen LogP contribution in [-0.2, 0) is 14.3 Å². The molecule has 0 aromatic heterocycles. The molecule has 0 aliphatic rings. The lowest BCUT2D eigenvalue weighted by atomic mass is 10.2. The fourth-order valence-electron chi connectivity index (χ4n) is 1.85. The van der Waals surface area contributed by atoms with Crippen LogP contribution in [0.1, 0.15) is 31.1 Å². The predicted molar refractivity (Wildman–Crippen MR) is 94.9 cm³/mol. The largest absolute Gasteiger partial charge is 0.463 e. The van der Waals surface area contributed by atoms with Crippen LogP contribution < -0.4 is 10.6 Å². The summed E-state index contributed by atoms with van der Waals surface area (Å²) in [5, 5.41) is 2.87. The van der Waals surface area contributed by atoms with E-state index in [-0.39, 0.29) is 23.3 Å². The topological polar surface area (TPSA) is 93.7 Å². The van der Waals surface area contributed by atoms with E-state index in [2.05, 4.69) is 4.74 Å². The van der Waals surface area contributed by atoms with E-state index >= 15 is 0 Å². The molecule has 0 saturated carbocycles. The zero-order valence-electron chi connectivity index (χ0n) is 15.4. The van der Waals surface area contributed by atoms with Crippen molar-refractivity contribution in [1.29, 1.82) is 0 Å². The standard InChI is InChI=1S/C17H17ClF4N2O5/c1-4-28-14(25)7-13(17(20,21)22)24-16(27)23-12-5-9(10(18)6-11(12)19)15(26)29-8(2)3/h5-8H,4H2,1-3H3,(H2,23,24,27)/b13-7+. The van der Waals surface area contributed by atoms with Gasteiger partial charge in [0.25, 0.3) is 0 Å². The van der Waals surface area contributed by atoms with Gasteiger partial charge in [-0.1, -0.05) is 11.6 Å². The van der Waals surface area contributed by atoms with Gasteiger partial charge in [-0.3, -0.25) is 0 Å². The van der Waals surface area contributed by atoms with Crippen molar-refractivity contribution in [1.82, 2.24) is 5.32 Å². The molecule has 12 heteroatoms. The number of nitrogens with one attached hydrogen (secondary N) is 2. The Hall–Kier alpha value is -2.82. The molecule has 0 heterocycles. The number of hydrogen-bond acceptors (Lipinski definition) is 5. The molecule has 0 fully saturated rings. The van der Waals surface area contributed by atoms with Crippen molar-refractivity contribution in [3.8, 4) is 0 Å². The number of amides is 2. The predicted octanol–water partition coefficient (Wildman–Crippen LogP) is 4.18. The monoisotopic (exact) mass is 440 g/mol. The van der Waals surface area contributed by atoms with E-state index in [4.69, 9.17) is 16.3 Å². The SMILES string of the molecule is CCOC(=O)/C=C(/NC(=O)Nc1cc(C(=O)OC(C)C)c(Cl)cc1F)C(F)(F)F. The first-order chi connectivity index (χ1) is 13.3. The van der Waals surface area contributed by atoms with E-state index in [1.54, 1.807) is 13.8 Å². The van der Waals surface area contributed by atoms with Crippen molar-refractivity contribution in [2.75, 3.05) is 11.9 Å². The number of carbonyl (C=O) groups excluding carboxylic acids is 3. The summed E-state index contributed by atoms with van der Waals surface area (Å²) >= 11 is 5.77. The van der Waals surface area contributed by atoms with Crippen molar-refractivity contribution in [3.63, 3.8) is 0 Å². The number of benzene rings is 1. The minimum Gasteiger partial charge on any atom is -0.463 e. The first kappa shape index (κ1) is 24.2. The molecule has 0 spiro atoms. The molecule has 0 radical (unpaired) electrons. The number of carbonyl (C=O) groups is 3. The van der Waals surface area contributed by atoms with Gasteiger partial charge in [-0.15, -0.1) is 0 Å². The van der Waals surface area contributed by atoms with E-state index in [1.807, 2.05) is 5.32 Å². The number of esters is 2. The second-order valence-corrected chi connectivity index (χ2v) is 6.06. The third kappa shape index (κ3) is 7.60. The maximum Gasteiger partial charge on any atom is 0.431 e. The molecular formula is C17H17ClF4N2O5. The molecule has 2 amide bonds. The molecule has 7 nitrogen and oxygen atoms in total. The summed E-state index contributed by atoms with van der Waals surface area (Å²) in [6.07, 6.45) is -5.59. The highest BCUT2D eigenvalue weighted by molar-refractivity contribution is 6.33. The van der Waals surface area contributed by atoms with Crippen LogP contribution in [-0.4, -0.2) is 36.9 Å². The Morgan fingerprint density at radius 1 is 1.24 bits per heavy atom. The van der Waals surface area contributed by atoms with Gasteiger partial charge < -0.3 is 20.1 Å². The lowest BCUT2D eigenvalue weighted by Gasteiger charge is -2.15. The molecule has 0 aliphatic heterocycles. The van der Waals surface area contributed by atoms with Crippen molar-refractivity contribution in [2.24, 2.45) is 0 Å². The zero-order chi connectivity index (χ0) is 22.4. The van der Waals surface area contributed by atoms with E-state index in [1.165, 1.54) is 12.2 Å². The molecule has 1 aromatic carbocycles. The van der Waals surface area contributed by atoms with Gasteiger partial charge >= 0.3 is 24.1 Å². The maximum atomic E-state index is 14.0. The minimum atomic E-state index is -5.10. The average molecular weight is 441 g/mol. The van der Waals surface area contributed by atoms with E-state index in [0.29, 0.717) is 6.07 Å². The van der Waals surface area contributed by atoms with E-state index < -0.39 is 47.5 Å². The van der Waals surface area contributed by atoms with Crippen LogP contribution in [0.25, 0.3) is 0 Å².